The van der Waals surface area contributed by atoms with Gasteiger partial charge in [-0.05, 0) is 67.1 Å². The minimum atomic E-state index is -0.887. The second kappa shape index (κ2) is 9.84. The van der Waals surface area contributed by atoms with Crippen LogP contribution in [0.1, 0.15) is 40.1 Å². The average molecular weight is 494 g/mol. The Morgan fingerprint density at radius 1 is 1.14 bits per heavy atom. The number of methoxy groups -OCH3 is 1. The molecule has 1 unspecified atom stereocenters. The molecule has 1 saturated heterocycles. The SMILES string of the molecule is CCOc1cc(C2/C(=C(\O)c3cc(C)cc(C)c3OC)C(=O)C(=O)N2Cc2cccs2)ccc1O. The highest BCUT2D eigenvalue weighted by Crippen LogP contribution is 2.44. The number of phenols is 1. The minimum absolute atomic E-state index is 0.0389. The number of aliphatic hydroxyl groups excluding tert-OH is 1. The normalized spacial score (nSPS) is 17.1. The van der Waals surface area contributed by atoms with Gasteiger partial charge in [0.25, 0.3) is 11.7 Å². The molecule has 1 fully saturated rings. The van der Waals surface area contributed by atoms with Gasteiger partial charge in [0.05, 0.1) is 37.4 Å². The summed E-state index contributed by atoms with van der Waals surface area (Å²) in [4.78, 5) is 28.9. The Balaban J connectivity index is 1.95. The first-order chi connectivity index (χ1) is 16.8. The highest BCUT2D eigenvalue weighted by Gasteiger charge is 2.46. The lowest BCUT2D eigenvalue weighted by Gasteiger charge is -2.25. The molecular formula is C27H27NO6S. The van der Waals surface area contributed by atoms with Crippen LogP contribution in [0.4, 0.5) is 0 Å². The molecule has 1 aliphatic rings. The molecule has 1 amide bonds. The van der Waals surface area contributed by atoms with Crippen LogP contribution in [-0.2, 0) is 16.1 Å². The molecule has 2 heterocycles. The second-order valence-electron chi connectivity index (χ2n) is 8.33. The van der Waals surface area contributed by atoms with Gasteiger partial charge in [-0.1, -0.05) is 18.2 Å². The highest BCUT2D eigenvalue weighted by atomic mass is 32.1. The van der Waals surface area contributed by atoms with Crippen molar-refractivity contribution in [3.8, 4) is 17.2 Å². The Labute approximate surface area is 207 Å². The van der Waals surface area contributed by atoms with Gasteiger partial charge < -0.3 is 24.6 Å². The fourth-order valence-corrected chi connectivity index (χ4v) is 5.18. The fourth-order valence-electron chi connectivity index (χ4n) is 4.48. The molecule has 2 aromatic carbocycles. The molecule has 0 saturated carbocycles. The number of aromatic hydroxyl groups is 1. The molecule has 4 rings (SSSR count). The molecule has 182 valence electrons. The average Bonchev–Trinajstić information content (AvgIpc) is 3.42. The van der Waals surface area contributed by atoms with E-state index < -0.39 is 17.7 Å². The van der Waals surface area contributed by atoms with Crippen LogP contribution in [0.15, 0.2) is 53.4 Å². The molecule has 0 spiro atoms. The maximum Gasteiger partial charge on any atom is 0.295 e. The number of hydrogen-bond acceptors (Lipinski definition) is 7. The van der Waals surface area contributed by atoms with Gasteiger partial charge in [-0.15, -0.1) is 11.3 Å². The lowest BCUT2D eigenvalue weighted by atomic mass is 9.93. The number of phenolic OH excluding ortho intramolecular Hbond substituents is 1. The Morgan fingerprint density at radius 2 is 1.91 bits per heavy atom. The number of aliphatic hydroxyl groups is 1. The van der Waals surface area contributed by atoms with E-state index in [0.29, 0.717) is 23.5 Å². The molecule has 35 heavy (non-hydrogen) atoms. The van der Waals surface area contributed by atoms with Crippen LogP contribution in [-0.4, -0.2) is 40.5 Å². The summed E-state index contributed by atoms with van der Waals surface area (Å²) in [5.74, 6) is -1.19. The van der Waals surface area contributed by atoms with Crippen LogP contribution in [0, 0.1) is 13.8 Å². The van der Waals surface area contributed by atoms with E-state index in [1.165, 1.54) is 29.4 Å². The molecule has 2 N–H and O–H groups in total. The first-order valence-electron chi connectivity index (χ1n) is 11.2. The predicted molar refractivity (Wildman–Crippen MR) is 134 cm³/mol. The molecule has 7 nitrogen and oxygen atoms in total. The summed E-state index contributed by atoms with van der Waals surface area (Å²) in [6, 6.07) is 11.2. The van der Waals surface area contributed by atoms with Crippen molar-refractivity contribution in [3.05, 3.63) is 80.5 Å². The number of hydrogen-bond donors (Lipinski definition) is 2. The molecule has 0 radical (unpaired) electrons. The van der Waals surface area contributed by atoms with Gasteiger partial charge in [-0.2, -0.15) is 0 Å². The van der Waals surface area contributed by atoms with Gasteiger partial charge in [-0.3, -0.25) is 9.59 Å². The summed E-state index contributed by atoms with van der Waals surface area (Å²) in [6.45, 7) is 6.04. The monoisotopic (exact) mass is 493 g/mol. The van der Waals surface area contributed by atoms with E-state index in [2.05, 4.69) is 0 Å². The van der Waals surface area contributed by atoms with Gasteiger partial charge in [0.1, 0.15) is 11.5 Å². The van der Waals surface area contributed by atoms with Crippen molar-refractivity contribution in [3.63, 3.8) is 0 Å². The van der Waals surface area contributed by atoms with E-state index in [0.717, 1.165) is 16.0 Å². The van der Waals surface area contributed by atoms with E-state index in [1.54, 1.807) is 25.1 Å². The lowest BCUT2D eigenvalue weighted by Crippen LogP contribution is -2.28. The number of thiophene rings is 1. The first kappa shape index (κ1) is 24.3. The quantitative estimate of drug-likeness (QED) is 0.270. The van der Waals surface area contributed by atoms with Gasteiger partial charge in [-0.25, -0.2) is 0 Å². The molecule has 0 aliphatic carbocycles. The summed E-state index contributed by atoms with van der Waals surface area (Å²) in [7, 11) is 1.50. The van der Waals surface area contributed by atoms with Crippen molar-refractivity contribution in [1.29, 1.82) is 0 Å². The zero-order chi connectivity index (χ0) is 25.3. The third-order valence-electron chi connectivity index (χ3n) is 5.92. The van der Waals surface area contributed by atoms with Crippen LogP contribution in [0.25, 0.3) is 5.76 Å². The van der Waals surface area contributed by atoms with Crippen LogP contribution < -0.4 is 9.47 Å². The van der Waals surface area contributed by atoms with Crippen LogP contribution in [0.2, 0.25) is 0 Å². The molecule has 1 aliphatic heterocycles. The van der Waals surface area contributed by atoms with Crippen LogP contribution in [0.3, 0.4) is 0 Å². The Hall–Kier alpha value is -3.78. The van der Waals surface area contributed by atoms with Crippen molar-refractivity contribution in [2.24, 2.45) is 0 Å². The second-order valence-corrected chi connectivity index (χ2v) is 9.36. The van der Waals surface area contributed by atoms with E-state index in [-0.39, 0.29) is 29.4 Å². The Bertz CT molecular complexity index is 1310. The van der Waals surface area contributed by atoms with E-state index in [9.17, 15) is 19.8 Å². The van der Waals surface area contributed by atoms with Gasteiger partial charge in [0, 0.05) is 4.88 Å². The summed E-state index contributed by atoms with van der Waals surface area (Å²) in [5.41, 5.74) is 2.50. The molecule has 1 aromatic heterocycles. The molecule has 8 heteroatoms. The number of rotatable bonds is 7. The Kier molecular flexibility index (Phi) is 6.84. The van der Waals surface area contributed by atoms with Gasteiger partial charge in [0.15, 0.2) is 11.5 Å². The summed E-state index contributed by atoms with van der Waals surface area (Å²) < 4.78 is 11.1. The number of Topliss-reactive ketones (excluding diaryl/α,β-unsaturated/α-hetero) is 1. The zero-order valence-electron chi connectivity index (χ0n) is 20.0. The number of nitrogens with zero attached hydrogens (tertiary/aromatic N) is 1. The topological polar surface area (TPSA) is 96.3 Å². The third-order valence-corrected chi connectivity index (χ3v) is 6.79. The highest BCUT2D eigenvalue weighted by molar-refractivity contribution is 7.09. The van der Waals surface area contributed by atoms with E-state index in [1.807, 2.05) is 37.4 Å². The minimum Gasteiger partial charge on any atom is -0.507 e. The fraction of sp³-hybridized carbons (Fsp3) is 0.259. The first-order valence-corrected chi connectivity index (χ1v) is 12.1. The molecule has 0 bridgehead atoms. The molecule has 3 aromatic rings. The molecular weight excluding hydrogens is 466 g/mol. The third kappa shape index (κ3) is 4.49. The van der Waals surface area contributed by atoms with Crippen LogP contribution >= 0.6 is 11.3 Å². The zero-order valence-corrected chi connectivity index (χ0v) is 20.8. The number of carbonyl (C=O) groups excluding carboxylic acids is 2. The number of amides is 1. The lowest BCUT2D eigenvalue weighted by molar-refractivity contribution is -0.140. The van der Waals surface area contributed by atoms with Gasteiger partial charge in [0.2, 0.25) is 0 Å². The van der Waals surface area contributed by atoms with Crippen molar-refractivity contribution >= 4 is 28.8 Å². The van der Waals surface area contributed by atoms with Crippen molar-refractivity contribution < 1.29 is 29.3 Å². The number of aryl methyl sites for hydroxylation is 2. The van der Waals surface area contributed by atoms with Gasteiger partial charge >= 0.3 is 0 Å². The number of ketones is 1. The van der Waals surface area contributed by atoms with Crippen LogP contribution in [0.5, 0.6) is 17.2 Å². The van der Waals surface area contributed by atoms with Crippen molar-refractivity contribution in [1.82, 2.24) is 4.90 Å². The maximum atomic E-state index is 13.4. The van der Waals surface area contributed by atoms with E-state index in [4.69, 9.17) is 9.47 Å². The molecule has 1 atom stereocenters. The number of likely N-dealkylation sites (tertiary alicyclic amines) is 1. The number of carbonyl (C=O) groups is 2. The summed E-state index contributed by atoms with van der Waals surface area (Å²) in [5, 5.41) is 23.6. The summed E-state index contributed by atoms with van der Waals surface area (Å²) >= 11 is 1.47. The largest absolute Gasteiger partial charge is 0.507 e. The summed E-state index contributed by atoms with van der Waals surface area (Å²) in [6.07, 6.45) is 0. The maximum absolute atomic E-state index is 13.4. The smallest absolute Gasteiger partial charge is 0.295 e. The van der Waals surface area contributed by atoms with Crippen molar-refractivity contribution in [2.45, 2.75) is 33.4 Å². The predicted octanol–water partition coefficient (Wildman–Crippen LogP) is 5.10. The number of benzene rings is 2. The Morgan fingerprint density at radius 3 is 2.57 bits per heavy atom. The van der Waals surface area contributed by atoms with Crippen molar-refractivity contribution in [2.75, 3.05) is 13.7 Å². The number of ether oxygens (including phenoxy) is 2. The standard InChI is InChI=1S/C27H27NO6S/c1-5-34-21-13-17(8-9-20(21)29)23-22(24(30)19-12-15(2)11-16(3)26(19)33-4)25(31)27(32)28(23)14-18-7-6-10-35-18/h6-13,23,29-30H,5,14H2,1-4H3/b24-22+. The van der Waals surface area contributed by atoms with E-state index >= 15 is 0 Å².